The summed E-state index contributed by atoms with van der Waals surface area (Å²) in [7, 11) is 1.31. The number of halogens is 3. The Morgan fingerprint density at radius 1 is 1.59 bits per heavy atom. The Morgan fingerprint density at radius 3 is 2.65 bits per heavy atom. The first-order chi connectivity index (χ1) is 8.01. The van der Waals surface area contributed by atoms with E-state index in [4.69, 9.17) is 9.84 Å². The molecule has 0 spiro atoms. The van der Waals surface area contributed by atoms with Crippen LogP contribution in [0.2, 0.25) is 0 Å². The zero-order valence-electron chi connectivity index (χ0n) is 8.91. The third kappa shape index (κ3) is 3.12. The summed E-state index contributed by atoms with van der Waals surface area (Å²) in [5.41, 5.74) is 0.114. The van der Waals surface area contributed by atoms with E-state index >= 15 is 0 Å². The molecule has 0 bridgehead atoms. The quantitative estimate of drug-likeness (QED) is 0.849. The summed E-state index contributed by atoms with van der Waals surface area (Å²) in [6.45, 7) is 0. The van der Waals surface area contributed by atoms with Crippen molar-refractivity contribution in [1.29, 1.82) is 0 Å². The van der Waals surface area contributed by atoms with Crippen LogP contribution in [-0.2, 0) is 16.5 Å². The van der Waals surface area contributed by atoms with Crippen LogP contribution in [0.3, 0.4) is 0 Å². The monoisotopic (exact) mass is 309 g/mol. The first-order valence-electron chi connectivity index (χ1n) is 4.61. The molecule has 0 saturated heterocycles. The minimum atomic E-state index is -2.70. The highest BCUT2D eigenvalue weighted by atomic mass is 79.9. The Morgan fingerprint density at radius 2 is 2.24 bits per heavy atom. The van der Waals surface area contributed by atoms with Gasteiger partial charge < -0.3 is 9.84 Å². The number of carboxylic acid groups (broad SMARTS) is 1. The Kier molecular flexibility index (Phi) is 4.80. The normalized spacial score (nSPS) is 10.6. The van der Waals surface area contributed by atoms with Crippen molar-refractivity contribution in [1.82, 2.24) is 4.98 Å². The average molecular weight is 310 g/mol. The van der Waals surface area contributed by atoms with E-state index < -0.39 is 18.8 Å². The fourth-order valence-corrected chi connectivity index (χ4v) is 2.10. The van der Waals surface area contributed by atoms with E-state index in [2.05, 4.69) is 20.9 Å². The van der Waals surface area contributed by atoms with Crippen LogP contribution < -0.4 is 4.74 Å². The van der Waals surface area contributed by atoms with Gasteiger partial charge in [-0.15, -0.1) is 0 Å². The Bertz CT molecular complexity index is 426. The number of nitrogens with zero attached hydrogens (tertiary/aromatic N) is 1. The van der Waals surface area contributed by atoms with Gasteiger partial charge >= 0.3 is 5.97 Å². The molecule has 7 heteroatoms. The van der Waals surface area contributed by atoms with Crippen LogP contribution in [0.4, 0.5) is 8.78 Å². The van der Waals surface area contributed by atoms with E-state index in [1.807, 2.05) is 0 Å². The van der Waals surface area contributed by atoms with Crippen LogP contribution in [0.15, 0.2) is 6.20 Å². The number of alkyl halides is 3. The highest BCUT2D eigenvalue weighted by Gasteiger charge is 2.21. The second-order valence-electron chi connectivity index (χ2n) is 3.18. The van der Waals surface area contributed by atoms with E-state index in [9.17, 15) is 13.6 Å². The highest BCUT2D eigenvalue weighted by Crippen LogP contribution is 2.31. The average Bonchev–Trinajstić information content (AvgIpc) is 2.27. The van der Waals surface area contributed by atoms with Crippen molar-refractivity contribution in [2.75, 3.05) is 7.11 Å². The largest absolute Gasteiger partial charge is 0.481 e. The Labute approximate surface area is 105 Å². The maximum absolute atomic E-state index is 12.7. The van der Waals surface area contributed by atoms with Crippen molar-refractivity contribution in [3.8, 4) is 5.88 Å². The van der Waals surface area contributed by atoms with Gasteiger partial charge in [-0.05, 0) is 5.56 Å². The summed E-state index contributed by atoms with van der Waals surface area (Å²) in [6.07, 6.45) is -2.10. The molecule has 0 aliphatic heterocycles. The lowest BCUT2D eigenvalue weighted by molar-refractivity contribution is -0.136. The van der Waals surface area contributed by atoms with Crippen LogP contribution in [0, 0.1) is 0 Å². The lowest BCUT2D eigenvalue weighted by Gasteiger charge is -2.13. The van der Waals surface area contributed by atoms with E-state index in [0.717, 1.165) is 6.20 Å². The van der Waals surface area contributed by atoms with Gasteiger partial charge in [0.1, 0.15) is 0 Å². The van der Waals surface area contributed by atoms with Crippen molar-refractivity contribution < 1.29 is 23.4 Å². The van der Waals surface area contributed by atoms with Crippen molar-refractivity contribution in [3.63, 3.8) is 0 Å². The number of aliphatic carboxylic acids is 1. The number of carbonyl (C=O) groups is 1. The molecule has 0 aliphatic carbocycles. The van der Waals surface area contributed by atoms with Gasteiger partial charge in [0.05, 0.1) is 13.5 Å². The van der Waals surface area contributed by atoms with Crippen LogP contribution in [0.5, 0.6) is 5.88 Å². The molecule has 0 saturated carbocycles. The van der Waals surface area contributed by atoms with E-state index in [1.165, 1.54) is 7.11 Å². The summed E-state index contributed by atoms with van der Waals surface area (Å²) in [5, 5.41) is 8.87. The van der Waals surface area contributed by atoms with Gasteiger partial charge in [-0.25, -0.2) is 13.8 Å². The lowest BCUT2D eigenvalue weighted by atomic mass is 10.0. The third-order valence-corrected chi connectivity index (χ3v) is 2.74. The van der Waals surface area contributed by atoms with Crippen molar-refractivity contribution in [2.24, 2.45) is 0 Å². The van der Waals surface area contributed by atoms with Gasteiger partial charge in [0.15, 0.2) is 0 Å². The summed E-state index contributed by atoms with van der Waals surface area (Å²) >= 11 is 3.07. The summed E-state index contributed by atoms with van der Waals surface area (Å²) in [5.74, 6) is -1.06. The van der Waals surface area contributed by atoms with E-state index in [-0.39, 0.29) is 27.9 Å². The summed E-state index contributed by atoms with van der Waals surface area (Å²) in [4.78, 5) is 14.4. The number of hydrogen-bond acceptors (Lipinski definition) is 3. The minimum absolute atomic E-state index is 0.0613. The van der Waals surface area contributed by atoms with Crippen molar-refractivity contribution >= 4 is 21.9 Å². The number of hydrogen-bond donors (Lipinski definition) is 1. The maximum atomic E-state index is 12.7. The van der Waals surface area contributed by atoms with Gasteiger partial charge in [0.2, 0.25) is 5.88 Å². The molecule has 0 aliphatic rings. The third-order valence-electron chi connectivity index (χ3n) is 2.18. The number of carboxylic acids is 1. The second kappa shape index (κ2) is 5.90. The zero-order chi connectivity index (χ0) is 13.0. The van der Waals surface area contributed by atoms with Crippen molar-refractivity contribution in [3.05, 3.63) is 22.9 Å². The minimum Gasteiger partial charge on any atom is -0.481 e. The molecular weight excluding hydrogens is 300 g/mol. The molecule has 17 heavy (non-hydrogen) atoms. The topological polar surface area (TPSA) is 59.4 Å². The lowest BCUT2D eigenvalue weighted by Crippen LogP contribution is -2.09. The van der Waals surface area contributed by atoms with Gasteiger partial charge in [-0.2, -0.15) is 0 Å². The molecule has 1 rings (SSSR count). The molecule has 0 aromatic carbocycles. The van der Waals surface area contributed by atoms with Gasteiger partial charge in [-0.3, -0.25) is 4.79 Å². The molecule has 1 aromatic heterocycles. The van der Waals surface area contributed by atoms with Gasteiger partial charge in [0.25, 0.3) is 6.43 Å². The summed E-state index contributed by atoms with van der Waals surface area (Å²) in [6, 6.07) is 0. The van der Waals surface area contributed by atoms with Crippen LogP contribution in [0.25, 0.3) is 0 Å². The van der Waals surface area contributed by atoms with Crippen LogP contribution in [0.1, 0.15) is 23.1 Å². The molecule has 0 amide bonds. The summed E-state index contributed by atoms with van der Waals surface area (Å²) < 4.78 is 30.3. The molecule has 1 aromatic rings. The van der Waals surface area contributed by atoms with Crippen molar-refractivity contribution in [2.45, 2.75) is 18.2 Å². The molecule has 1 N–H and O–H groups in total. The maximum Gasteiger partial charge on any atom is 0.308 e. The van der Waals surface area contributed by atoms with E-state index in [1.54, 1.807) is 0 Å². The first-order valence-corrected chi connectivity index (χ1v) is 5.74. The van der Waals surface area contributed by atoms with Gasteiger partial charge in [-0.1, -0.05) is 15.9 Å². The number of pyridine rings is 1. The van der Waals surface area contributed by atoms with Crippen LogP contribution >= 0.6 is 15.9 Å². The number of ether oxygens (including phenoxy) is 1. The zero-order valence-corrected chi connectivity index (χ0v) is 10.5. The second-order valence-corrected chi connectivity index (χ2v) is 3.75. The molecule has 94 valence electrons. The molecule has 0 radical (unpaired) electrons. The van der Waals surface area contributed by atoms with Crippen LogP contribution in [-0.4, -0.2) is 23.2 Å². The molecule has 1 heterocycles. The highest BCUT2D eigenvalue weighted by molar-refractivity contribution is 9.08. The fourth-order valence-electron chi connectivity index (χ4n) is 1.44. The predicted molar refractivity (Wildman–Crippen MR) is 59.7 cm³/mol. The molecule has 0 fully saturated rings. The molecule has 0 unspecified atom stereocenters. The molecular formula is C10H10BrF2NO3. The Balaban J connectivity index is 3.37. The van der Waals surface area contributed by atoms with E-state index in [0.29, 0.717) is 0 Å². The number of rotatable bonds is 5. The number of aromatic nitrogens is 1. The number of methoxy groups -OCH3 is 1. The Hall–Kier alpha value is -1.24. The van der Waals surface area contributed by atoms with Gasteiger partial charge in [0, 0.05) is 22.7 Å². The fraction of sp³-hybridized carbons (Fsp3) is 0.400. The standard InChI is InChI=1S/C10H10BrF2NO3/c1-17-10-5(2-8(15)16)6(3-11)7(4-14-10)9(12)13/h4,9H,2-3H2,1H3,(H,15,16). The SMILES string of the molecule is COc1ncc(C(F)F)c(CBr)c1CC(=O)O. The molecule has 4 nitrogen and oxygen atoms in total. The smallest absolute Gasteiger partial charge is 0.308 e. The first kappa shape index (κ1) is 13.8. The predicted octanol–water partition coefficient (Wildman–Crippen LogP) is 2.55. The molecule has 0 atom stereocenters.